The zero-order valence-corrected chi connectivity index (χ0v) is 11.7. The monoisotopic (exact) mass is 301 g/mol. The highest BCUT2D eigenvalue weighted by Crippen LogP contribution is 2.15. The minimum Gasteiger partial charge on any atom is -0.480 e. The van der Waals surface area contributed by atoms with Crippen LogP contribution in [0.3, 0.4) is 0 Å². The lowest BCUT2D eigenvalue weighted by molar-refractivity contribution is -0.143. The summed E-state index contributed by atoms with van der Waals surface area (Å²) in [6.45, 7) is 0.479. The van der Waals surface area contributed by atoms with Crippen LogP contribution in [-0.4, -0.2) is 29.6 Å². The smallest absolute Gasteiger partial charge is 0.387 e. The predicted octanol–water partition coefficient (Wildman–Crippen LogP) is 2.06. The van der Waals surface area contributed by atoms with Crippen molar-refractivity contribution >= 4 is 11.9 Å². The Kier molecular flexibility index (Phi) is 6.08. The third-order valence-electron chi connectivity index (χ3n) is 2.76. The molecule has 0 spiro atoms. The summed E-state index contributed by atoms with van der Waals surface area (Å²) in [5, 5.41) is 11.4. The van der Waals surface area contributed by atoms with Crippen molar-refractivity contribution in [2.75, 3.05) is 0 Å². The molecule has 21 heavy (non-hydrogen) atoms. The van der Waals surface area contributed by atoms with Crippen LogP contribution >= 0.6 is 0 Å². The minimum atomic E-state index is -2.90. The Morgan fingerprint density at radius 1 is 1.24 bits per heavy atom. The number of amides is 1. The minimum absolute atomic E-state index is 0.000230. The maximum atomic E-state index is 12.0. The van der Waals surface area contributed by atoms with Gasteiger partial charge < -0.3 is 15.2 Å². The van der Waals surface area contributed by atoms with E-state index in [1.165, 1.54) is 24.3 Å². The molecule has 1 rings (SSSR count). The Labute approximate surface area is 120 Å². The van der Waals surface area contributed by atoms with E-state index in [0.29, 0.717) is 5.56 Å². The van der Waals surface area contributed by atoms with Gasteiger partial charge in [0.05, 0.1) is 6.42 Å². The second kappa shape index (κ2) is 7.56. The van der Waals surface area contributed by atoms with Crippen molar-refractivity contribution in [1.29, 1.82) is 0 Å². The molecule has 2 N–H and O–H groups in total. The highest BCUT2D eigenvalue weighted by molar-refractivity contribution is 5.85. The number of carboxylic acids is 1. The molecule has 1 amide bonds. The molecule has 0 aliphatic rings. The number of hydrogen-bond donors (Lipinski definition) is 2. The van der Waals surface area contributed by atoms with Crippen LogP contribution in [0, 0.1) is 5.92 Å². The Hall–Kier alpha value is -2.18. The number of carboxylic acid groups (broad SMARTS) is 1. The van der Waals surface area contributed by atoms with Crippen LogP contribution in [0.25, 0.3) is 0 Å². The van der Waals surface area contributed by atoms with E-state index in [1.54, 1.807) is 13.8 Å². The maximum Gasteiger partial charge on any atom is 0.387 e. The molecule has 0 aromatic heterocycles. The highest BCUT2D eigenvalue weighted by Gasteiger charge is 2.23. The fraction of sp³-hybridized carbons (Fsp3) is 0.429. The number of halogens is 2. The average Bonchev–Trinajstić information content (AvgIpc) is 2.37. The summed E-state index contributed by atoms with van der Waals surface area (Å²) in [5.74, 6) is -1.79. The Balaban J connectivity index is 2.60. The lowest BCUT2D eigenvalue weighted by Gasteiger charge is -2.17. The Bertz CT molecular complexity index is 488. The first-order chi connectivity index (χ1) is 9.79. The van der Waals surface area contributed by atoms with Crippen LogP contribution in [0.15, 0.2) is 24.3 Å². The highest BCUT2D eigenvalue weighted by atomic mass is 19.3. The number of carbonyl (C=O) groups excluding carboxylic acids is 1. The largest absolute Gasteiger partial charge is 0.480 e. The number of rotatable bonds is 7. The van der Waals surface area contributed by atoms with Crippen molar-refractivity contribution in [1.82, 2.24) is 5.32 Å². The SMILES string of the molecule is CC(C)[C@@H](NC(=O)Cc1ccc(OC(F)F)cc1)C(=O)O. The molecule has 0 fully saturated rings. The second-order valence-corrected chi connectivity index (χ2v) is 4.83. The molecule has 0 heterocycles. The maximum absolute atomic E-state index is 12.0. The molecule has 1 aromatic carbocycles. The summed E-state index contributed by atoms with van der Waals surface area (Å²) in [7, 11) is 0. The predicted molar refractivity (Wildman–Crippen MR) is 71.2 cm³/mol. The quantitative estimate of drug-likeness (QED) is 0.808. The molecule has 0 saturated heterocycles. The van der Waals surface area contributed by atoms with Gasteiger partial charge in [0, 0.05) is 0 Å². The molecule has 0 bridgehead atoms. The van der Waals surface area contributed by atoms with Crippen molar-refractivity contribution in [3.05, 3.63) is 29.8 Å². The van der Waals surface area contributed by atoms with E-state index in [4.69, 9.17) is 5.11 Å². The molecule has 0 saturated carbocycles. The fourth-order valence-corrected chi connectivity index (χ4v) is 1.71. The molecular formula is C14H17F2NO4. The Morgan fingerprint density at radius 2 is 1.81 bits per heavy atom. The Morgan fingerprint density at radius 3 is 2.24 bits per heavy atom. The van der Waals surface area contributed by atoms with Crippen LogP contribution in [0.1, 0.15) is 19.4 Å². The van der Waals surface area contributed by atoms with Gasteiger partial charge >= 0.3 is 12.6 Å². The van der Waals surface area contributed by atoms with Gasteiger partial charge in [0.2, 0.25) is 5.91 Å². The number of hydrogen-bond acceptors (Lipinski definition) is 3. The molecule has 0 radical (unpaired) electrons. The first-order valence-electron chi connectivity index (χ1n) is 6.35. The van der Waals surface area contributed by atoms with Gasteiger partial charge in [-0.1, -0.05) is 26.0 Å². The number of carbonyl (C=O) groups is 2. The summed E-state index contributed by atoms with van der Waals surface area (Å²) in [5.41, 5.74) is 0.571. The van der Waals surface area contributed by atoms with E-state index < -0.39 is 24.5 Å². The zero-order chi connectivity index (χ0) is 16.0. The number of alkyl halides is 2. The average molecular weight is 301 g/mol. The topological polar surface area (TPSA) is 75.6 Å². The van der Waals surface area contributed by atoms with Gasteiger partial charge in [-0.2, -0.15) is 8.78 Å². The van der Waals surface area contributed by atoms with Crippen LogP contribution in [-0.2, 0) is 16.0 Å². The lowest BCUT2D eigenvalue weighted by Crippen LogP contribution is -2.44. The third-order valence-corrected chi connectivity index (χ3v) is 2.76. The van der Waals surface area contributed by atoms with Crippen LogP contribution in [0.2, 0.25) is 0 Å². The molecule has 0 aliphatic heterocycles. The van der Waals surface area contributed by atoms with Gasteiger partial charge in [0.15, 0.2) is 0 Å². The first-order valence-corrected chi connectivity index (χ1v) is 6.35. The van der Waals surface area contributed by atoms with Crippen molar-refractivity contribution in [3.8, 4) is 5.75 Å². The second-order valence-electron chi connectivity index (χ2n) is 4.83. The molecular weight excluding hydrogens is 284 g/mol. The summed E-state index contributed by atoms with van der Waals surface area (Å²) in [6.07, 6.45) is -0.0363. The summed E-state index contributed by atoms with van der Waals surface area (Å²) < 4.78 is 28.2. The number of benzene rings is 1. The van der Waals surface area contributed by atoms with Gasteiger partial charge in [-0.25, -0.2) is 4.79 Å². The number of ether oxygens (including phenoxy) is 1. The van der Waals surface area contributed by atoms with E-state index >= 15 is 0 Å². The molecule has 1 atom stereocenters. The summed E-state index contributed by atoms with van der Waals surface area (Å²) in [4.78, 5) is 22.7. The normalized spacial score (nSPS) is 12.3. The van der Waals surface area contributed by atoms with Crippen molar-refractivity contribution in [2.24, 2.45) is 5.92 Å². The van der Waals surface area contributed by atoms with Crippen molar-refractivity contribution in [3.63, 3.8) is 0 Å². The first kappa shape index (κ1) is 16.9. The standard InChI is InChI=1S/C14H17F2NO4/c1-8(2)12(13(19)20)17-11(18)7-9-3-5-10(6-4-9)21-14(15)16/h3-6,8,12,14H,7H2,1-2H3,(H,17,18)(H,19,20)/t12-/m1/s1. The van der Waals surface area contributed by atoms with Crippen LogP contribution in [0.4, 0.5) is 8.78 Å². The number of nitrogens with one attached hydrogen (secondary N) is 1. The van der Waals surface area contributed by atoms with E-state index in [-0.39, 0.29) is 18.1 Å². The fourth-order valence-electron chi connectivity index (χ4n) is 1.71. The van der Waals surface area contributed by atoms with E-state index in [0.717, 1.165) is 0 Å². The van der Waals surface area contributed by atoms with Gasteiger partial charge in [0.1, 0.15) is 11.8 Å². The van der Waals surface area contributed by atoms with Gasteiger partial charge in [-0.05, 0) is 23.6 Å². The molecule has 1 aromatic rings. The lowest BCUT2D eigenvalue weighted by atomic mass is 10.0. The number of aliphatic carboxylic acids is 1. The molecule has 5 nitrogen and oxygen atoms in total. The van der Waals surface area contributed by atoms with E-state index in [2.05, 4.69) is 10.1 Å². The summed E-state index contributed by atoms with van der Waals surface area (Å²) >= 11 is 0. The molecule has 116 valence electrons. The summed E-state index contributed by atoms with van der Waals surface area (Å²) in [6, 6.07) is 4.64. The molecule has 0 unspecified atom stereocenters. The molecule has 0 aliphatic carbocycles. The van der Waals surface area contributed by atoms with Crippen LogP contribution < -0.4 is 10.1 Å². The van der Waals surface area contributed by atoms with Crippen LogP contribution in [0.5, 0.6) is 5.75 Å². The van der Waals surface area contributed by atoms with Gasteiger partial charge in [-0.15, -0.1) is 0 Å². The van der Waals surface area contributed by atoms with Gasteiger partial charge in [0.25, 0.3) is 0 Å². The van der Waals surface area contributed by atoms with E-state index in [9.17, 15) is 18.4 Å². The molecule has 7 heteroatoms. The van der Waals surface area contributed by atoms with Gasteiger partial charge in [-0.3, -0.25) is 4.79 Å². The van der Waals surface area contributed by atoms with Crippen molar-refractivity contribution < 1.29 is 28.2 Å². The third kappa shape index (κ3) is 5.76. The van der Waals surface area contributed by atoms with Crippen molar-refractivity contribution in [2.45, 2.75) is 32.9 Å². The van der Waals surface area contributed by atoms with E-state index in [1.807, 2.05) is 0 Å². The zero-order valence-electron chi connectivity index (χ0n) is 11.7.